The van der Waals surface area contributed by atoms with Crippen LogP contribution in [0.3, 0.4) is 0 Å². The number of phenolic OH excluding ortho intramolecular Hbond substituents is 1. The predicted molar refractivity (Wildman–Crippen MR) is 72.8 cm³/mol. The molecule has 18 heavy (non-hydrogen) atoms. The molecule has 2 aromatic rings. The molecule has 0 heterocycles. The molecular formula is C15H16N2O. The number of aromatic hydroxyl groups is 1. The van der Waals surface area contributed by atoms with Crippen molar-refractivity contribution in [2.45, 2.75) is 19.8 Å². The number of hydrogen-bond donors (Lipinski definition) is 1. The first-order chi connectivity index (χ1) is 8.65. The number of hydrogen-bond acceptors (Lipinski definition) is 3. The van der Waals surface area contributed by atoms with Crippen molar-refractivity contribution in [1.82, 2.24) is 0 Å². The Kier molecular flexibility index (Phi) is 3.72. The van der Waals surface area contributed by atoms with Gasteiger partial charge in [-0.15, -0.1) is 0 Å². The molecule has 2 rings (SSSR count). The van der Waals surface area contributed by atoms with Gasteiger partial charge in [-0.25, -0.2) is 0 Å². The van der Waals surface area contributed by atoms with Gasteiger partial charge in [-0.3, -0.25) is 0 Å². The summed E-state index contributed by atoms with van der Waals surface area (Å²) in [5.74, 6) is 0.753. The van der Waals surface area contributed by atoms with Gasteiger partial charge in [-0.2, -0.15) is 10.2 Å². The molecule has 3 heteroatoms. The van der Waals surface area contributed by atoms with Crippen LogP contribution in [0.1, 0.15) is 25.3 Å². The molecule has 0 saturated carbocycles. The zero-order chi connectivity index (χ0) is 13.0. The average Bonchev–Trinajstić information content (AvgIpc) is 2.38. The quantitative estimate of drug-likeness (QED) is 0.759. The van der Waals surface area contributed by atoms with E-state index in [-0.39, 0.29) is 5.75 Å². The topological polar surface area (TPSA) is 45.0 Å². The van der Waals surface area contributed by atoms with Gasteiger partial charge in [0.25, 0.3) is 0 Å². The molecule has 0 aromatic heterocycles. The minimum absolute atomic E-state index is 0.232. The van der Waals surface area contributed by atoms with Gasteiger partial charge < -0.3 is 5.11 Å². The van der Waals surface area contributed by atoms with Gasteiger partial charge in [-0.1, -0.05) is 26.0 Å². The minimum Gasteiger partial charge on any atom is -0.508 e. The van der Waals surface area contributed by atoms with E-state index in [0.717, 1.165) is 11.4 Å². The molecule has 0 aliphatic heterocycles. The lowest BCUT2D eigenvalue weighted by atomic mass is 10.0. The van der Waals surface area contributed by atoms with Crippen molar-refractivity contribution in [1.29, 1.82) is 0 Å². The maximum Gasteiger partial charge on any atom is 0.115 e. The average molecular weight is 240 g/mol. The van der Waals surface area contributed by atoms with Crippen molar-refractivity contribution in [3.05, 3.63) is 54.1 Å². The van der Waals surface area contributed by atoms with Crippen molar-refractivity contribution in [3.63, 3.8) is 0 Å². The van der Waals surface area contributed by atoms with Crippen LogP contribution in [-0.4, -0.2) is 5.11 Å². The molecule has 2 aromatic carbocycles. The van der Waals surface area contributed by atoms with Crippen LogP contribution < -0.4 is 0 Å². The van der Waals surface area contributed by atoms with Crippen LogP contribution in [0.2, 0.25) is 0 Å². The summed E-state index contributed by atoms with van der Waals surface area (Å²) >= 11 is 0. The smallest absolute Gasteiger partial charge is 0.115 e. The lowest BCUT2D eigenvalue weighted by molar-refractivity contribution is 0.475. The molecule has 92 valence electrons. The monoisotopic (exact) mass is 240 g/mol. The Labute approximate surface area is 107 Å². The minimum atomic E-state index is 0.232. The fourth-order valence-electron chi connectivity index (χ4n) is 1.56. The molecule has 0 atom stereocenters. The highest BCUT2D eigenvalue weighted by atomic mass is 16.3. The van der Waals surface area contributed by atoms with Crippen LogP contribution in [-0.2, 0) is 0 Å². The van der Waals surface area contributed by atoms with E-state index in [2.05, 4.69) is 36.2 Å². The first kappa shape index (κ1) is 12.3. The number of benzene rings is 2. The van der Waals surface area contributed by atoms with E-state index < -0.39 is 0 Å². The zero-order valence-electron chi connectivity index (χ0n) is 10.5. The third kappa shape index (κ3) is 3.17. The first-order valence-corrected chi connectivity index (χ1v) is 5.96. The van der Waals surface area contributed by atoms with Gasteiger partial charge in [-0.05, 0) is 47.9 Å². The number of phenols is 1. The van der Waals surface area contributed by atoms with E-state index in [1.165, 1.54) is 5.56 Å². The van der Waals surface area contributed by atoms with Crippen LogP contribution in [0.25, 0.3) is 0 Å². The highest BCUT2D eigenvalue weighted by Crippen LogP contribution is 2.22. The summed E-state index contributed by atoms with van der Waals surface area (Å²) < 4.78 is 0. The normalized spacial score (nSPS) is 11.3. The van der Waals surface area contributed by atoms with E-state index >= 15 is 0 Å². The highest BCUT2D eigenvalue weighted by molar-refractivity contribution is 5.43. The fraction of sp³-hybridized carbons (Fsp3) is 0.200. The Hall–Kier alpha value is -2.16. The lowest BCUT2D eigenvalue weighted by Crippen LogP contribution is -1.84. The molecule has 0 radical (unpaired) electrons. The summed E-state index contributed by atoms with van der Waals surface area (Å²) in [6.07, 6.45) is 0. The Morgan fingerprint density at radius 1 is 0.778 bits per heavy atom. The van der Waals surface area contributed by atoms with Crippen molar-refractivity contribution in [2.24, 2.45) is 10.2 Å². The number of azo groups is 1. The zero-order valence-corrected chi connectivity index (χ0v) is 10.5. The van der Waals surface area contributed by atoms with Crippen LogP contribution in [0.4, 0.5) is 11.4 Å². The molecule has 0 bridgehead atoms. The lowest BCUT2D eigenvalue weighted by Gasteiger charge is -2.03. The SMILES string of the molecule is CC(C)c1ccc(N=Nc2ccc(O)cc2)cc1. The number of nitrogens with zero attached hydrogens (tertiary/aromatic N) is 2. The first-order valence-electron chi connectivity index (χ1n) is 5.96. The summed E-state index contributed by atoms with van der Waals surface area (Å²) in [6, 6.07) is 14.7. The van der Waals surface area contributed by atoms with Crippen LogP contribution >= 0.6 is 0 Å². The van der Waals surface area contributed by atoms with Crippen molar-refractivity contribution in [2.75, 3.05) is 0 Å². The van der Waals surface area contributed by atoms with Crippen molar-refractivity contribution < 1.29 is 5.11 Å². The van der Waals surface area contributed by atoms with Gasteiger partial charge in [0.15, 0.2) is 0 Å². The van der Waals surface area contributed by atoms with E-state index in [0.29, 0.717) is 5.92 Å². The fourth-order valence-corrected chi connectivity index (χ4v) is 1.56. The molecule has 0 unspecified atom stereocenters. The highest BCUT2D eigenvalue weighted by Gasteiger charge is 1.98. The molecule has 0 aliphatic rings. The summed E-state index contributed by atoms with van der Waals surface area (Å²) in [4.78, 5) is 0. The second-order valence-electron chi connectivity index (χ2n) is 4.46. The van der Waals surface area contributed by atoms with Gasteiger partial charge in [0.1, 0.15) is 5.75 Å². The Balaban J connectivity index is 2.11. The Morgan fingerprint density at radius 2 is 1.22 bits per heavy atom. The summed E-state index contributed by atoms with van der Waals surface area (Å²) in [5.41, 5.74) is 2.84. The van der Waals surface area contributed by atoms with Gasteiger partial charge in [0.05, 0.1) is 11.4 Å². The molecule has 3 nitrogen and oxygen atoms in total. The summed E-state index contributed by atoms with van der Waals surface area (Å²) in [6.45, 7) is 4.32. The third-order valence-corrected chi connectivity index (χ3v) is 2.69. The standard InChI is InChI=1S/C15H16N2O/c1-11(2)12-3-5-13(6-4-12)16-17-14-7-9-15(18)10-8-14/h3-11,18H,1-2H3. The van der Waals surface area contributed by atoms with E-state index in [4.69, 9.17) is 5.11 Å². The molecular weight excluding hydrogens is 224 g/mol. The maximum absolute atomic E-state index is 9.15. The van der Waals surface area contributed by atoms with Crippen LogP contribution in [0.15, 0.2) is 58.8 Å². The summed E-state index contributed by atoms with van der Waals surface area (Å²) in [5, 5.41) is 17.4. The predicted octanol–water partition coefficient (Wildman–Crippen LogP) is 4.93. The Morgan fingerprint density at radius 3 is 1.67 bits per heavy atom. The largest absolute Gasteiger partial charge is 0.508 e. The van der Waals surface area contributed by atoms with Crippen molar-refractivity contribution in [3.8, 4) is 5.75 Å². The molecule has 0 spiro atoms. The third-order valence-electron chi connectivity index (χ3n) is 2.69. The molecule has 0 aliphatic carbocycles. The molecule has 0 fully saturated rings. The van der Waals surface area contributed by atoms with Crippen LogP contribution in [0.5, 0.6) is 5.75 Å². The van der Waals surface area contributed by atoms with E-state index in [9.17, 15) is 0 Å². The second-order valence-corrected chi connectivity index (χ2v) is 4.46. The molecule has 0 saturated heterocycles. The maximum atomic E-state index is 9.15. The second kappa shape index (κ2) is 5.45. The summed E-state index contributed by atoms with van der Waals surface area (Å²) in [7, 11) is 0. The molecule has 1 N–H and O–H groups in total. The van der Waals surface area contributed by atoms with E-state index in [1.54, 1.807) is 24.3 Å². The molecule has 0 amide bonds. The number of rotatable bonds is 3. The van der Waals surface area contributed by atoms with Crippen molar-refractivity contribution >= 4 is 11.4 Å². The van der Waals surface area contributed by atoms with Gasteiger partial charge in [0.2, 0.25) is 0 Å². The van der Waals surface area contributed by atoms with Gasteiger partial charge >= 0.3 is 0 Å². The Bertz CT molecular complexity index is 527. The van der Waals surface area contributed by atoms with Crippen LogP contribution in [0, 0.1) is 0 Å². The van der Waals surface area contributed by atoms with Gasteiger partial charge in [0, 0.05) is 0 Å². The van der Waals surface area contributed by atoms with E-state index in [1.807, 2.05) is 12.1 Å².